The predicted molar refractivity (Wildman–Crippen MR) is 158 cm³/mol. The lowest BCUT2D eigenvalue weighted by Gasteiger charge is -2.11. The van der Waals surface area contributed by atoms with Crippen LogP contribution in [0.5, 0.6) is 11.5 Å². The number of terminal acetylenes is 2. The maximum absolute atomic E-state index is 12.2. The van der Waals surface area contributed by atoms with Gasteiger partial charge in [-0.3, -0.25) is 9.59 Å². The molecule has 0 aliphatic heterocycles. The molecule has 2 rings (SSSR count). The Morgan fingerprint density at radius 2 is 1.23 bits per heavy atom. The molecule has 0 unspecified atom stereocenters. The van der Waals surface area contributed by atoms with Crippen molar-refractivity contribution in [1.29, 1.82) is 0 Å². The van der Waals surface area contributed by atoms with Crippen molar-refractivity contribution < 1.29 is 35.9 Å². The number of ketones is 2. The number of carbonyl (C=O) groups excluding carboxylic acids is 2. The first kappa shape index (κ1) is 39.1. The third-order valence-electron chi connectivity index (χ3n) is 4.98. The number of methoxy groups -OCH3 is 2. The van der Waals surface area contributed by atoms with Crippen molar-refractivity contribution in [2.45, 2.75) is 42.5 Å². The fraction of sp³-hybridized carbons (Fsp3) is 0.333. The molecule has 0 radical (unpaired) electrons. The van der Waals surface area contributed by atoms with Crippen molar-refractivity contribution >= 4 is 53.5 Å². The lowest BCUT2D eigenvalue weighted by molar-refractivity contribution is -0.120. The van der Waals surface area contributed by atoms with Crippen LogP contribution in [0, 0.1) is 30.6 Å². The third-order valence-corrected chi connectivity index (χ3v) is 8.18. The summed E-state index contributed by atoms with van der Waals surface area (Å²) >= 11 is 0. The van der Waals surface area contributed by atoms with Gasteiger partial charge in [0.15, 0.2) is 9.84 Å². The summed E-state index contributed by atoms with van der Waals surface area (Å²) in [6.07, 6.45) is 10.5. The molecule has 0 bridgehead atoms. The molecule has 0 amide bonds. The highest BCUT2D eigenvalue weighted by molar-refractivity contribution is 8.13. The van der Waals surface area contributed by atoms with E-state index in [-0.39, 0.29) is 45.9 Å². The number of rotatable bonds is 10. The Kier molecular flexibility index (Phi) is 18.7. The number of carbonyl (C=O) groups is 2. The number of Topliss-reactive ketones (excluding diaryl/α,β-unsaturated/α-hetero) is 2. The minimum Gasteiger partial charge on any atom is -0.497 e. The summed E-state index contributed by atoms with van der Waals surface area (Å²) in [4.78, 5) is 21.9. The highest BCUT2D eigenvalue weighted by Crippen LogP contribution is 2.20. The number of hydrogen-bond acceptors (Lipinski definition) is 9. The molecule has 2 N–H and O–H groups in total. The Balaban J connectivity index is 0. The molecule has 0 heterocycles. The molecule has 220 valence electrons. The van der Waals surface area contributed by atoms with Crippen LogP contribution in [0.4, 0.5) is 0 Å². The van der Waals surface area contributed by atoms with Crippen LogP contribution in [0.25, 0.3) is 0 Å². The van der Waals surface area contributed by atoms with Gasteiger partial charge in [0, 0.05) is 29.4 Å². The smallest absolute Gasteiger partial charge is 0.261 e. The number of ether oxygens (including phenoxy) is 2. The van der Waals surface area contributed by atoms with Crippen LogP contribution < -0.4 is 15.2 Å². The maximum atomic E-state index is 12.2. The second-order valence-electron chi connectivity index (χ2n) is 7.91. The molecule has 0 fully saturated rings. The van der Waals surface area contributed by atoms with E-state index in [2.05, 4.69) is 11.8 Å². The van der Waals surface area contributed by atoms with E-state index in [0.29, 0.717) is 17.9 Å². The molecular formula is C27H33Cl2NO8S2. The van der Waals surface area contributed by atoms with Crippen LogP contribution in [0.2, 0.25) is 0 Å². The predicted octanol–water partition coefficient (Wildman–Crippen LogP) is 3.67. The standard InChI is InChI=1S/C14H16O4S.C7H7ClO3S.C6H9NO.ClH/c1-4-5-12(11(2)15)10-19(16,17)14-8-6-13(18-3)7-9-14;1-11-6-2-4-7(5-3-6)12(8,9)10;1-3-4-6(7)5(2)8;/h1,6-9,12H,5,10H2,2-3H3;2-5H,1H3;1,6H,4,7H2,2H3;1H/t12-;;6-;/m0.1./s1. The molecule has 0 saturated carbocycles. The zero-order valence-electron chi connectivity index (χ0n) is 22.5. The topological polar surface area (TPSA) is 147 Å². The zero-order chi connectivity index (χ0) is 30.2. The minimum absolute atomic E-state index is 0. The third kappa shape index (κ3) is 14.9. The van der Waals surface area contributed by atoms with Gasteiger partial charge in [-0.25, -0.2) is 16.8 Å². The molecule has 0 aromatic heterocycles. The molecule has 0 aliphatic carbocycles. The van der Waals surface area contributed by atoms with Crippen LogP contribution in [0.1, 0.15) is 26.7 Å². The molecule has 9 nitrogen and oxygen atoms in total. The van der Waals surface area contributed by atoms with Crippen LogP contribution in [-0.2, 0) is 28.5 Å². The monoisotopic (exact) mass is 633 g/mol. The summed E-state index contributed by atoms with van der Waals surface area (Å²) in [6.45, 7) is 2.79. The number of halogens is 2. The lowest BCUT2D eigenvalue weighted by atomic mass is 10.0. The molecular weight excluding hydrogens is 601 g/mol. The molecule has 0 aliphatic rings. The SMILES string of the molecule is C#CC[C@@H](CS(=O)(=O)c1ccc(OC)cc1)C(C)=O.C#CC[C@@H](N)C(C)=O.COc1ccc(S(=O)(=O)Cl)cc1.Cl. The highest BCUT2D eigenvalue weighted by atomic mass is 35.7. The van der Waals surface area contributed by atoms with Gasteiger partial charge >= 0.3 is 0 Å². The van der Waals surface area contributed by atoms with Crippen LogP contribution in [-0.4, -0.2) is 54.4 Å². The average molecular weight is 635 g/mol. The van der Waals surface area contributed by atoms with E-state index in [1.807, 2.05) is 0 Å². The minimum atomic E-state index is -3.61. The normalized spacial score (nSPS) is 11.7. The Morgan fingerprint density at radius 3 is 1.50 bits per heavy atom. The lowest BCUT2D eigenvalue weighted by Crippen LogP contribution is -2.27. The maximum Gasteiger partial charge on any atom is 0.261 e. The summed E-state index contributed by atoms with van der Waals surface area (Å²) in [7, 11) is 0.957. The van der Waals surface area contributed by atoms with Gasteiger partial charge in [-0.1, -0.05) is 0 Å². The Morgan fingerprint density at radius 1 is 0.825 bits per heavy atom. The molecule has 0 spiro atoms. The van der Waals surface area contributed by atoms with Gasteiger partial charge in [0.25, 0.3) is 9.05 Å². The van der Waals surface area contributed by atoms with Gasteiger partial charge < -0.3 is 15.2 Å². The van der Waals surface area contributed by atoms with Gasteiger partial charge in [0.2, 0.25) is 0 Å². The molecule has 0 saturated heterocycles. The van der Waals surface area contributed by atoms with Gasteiger partial charge in [-0.05, 0) is 62.4 Å². The molecule has 13 heteroatoms. The van der Waals surface area contributed by atoms with Crippen molar-refractivity contribution in [1.82, 2.24) is 0 Å². The summed E-state index contributed by atoms with van der Waals surface area (Å²) in [5.74, 6) is 4.62. The average Bonchev–Trinajstić information content (AvgIpc) is 2.88. The van der Waals surface area contributed by atoms with Crippen molar-refractivity contribution in [2.75, 3.05) is 20.0 Å². The first-order valence-corrected chi connectivity index (χ1v) is 15.2. The van der Waals surface area contributed by atoms with Gasteiger partial charge in [-0.2, -0.15) is 0 Å². The number of hydrogen-bond donors (Lipinski definition) is 1. The molecule has 2 atom stereocenters. The summed E-state index contributed by atoms with van der Waals surface area (Å²) in [5, 5.41) is 0. The van der Waals surface area contributed by atoms with E-state index >= 15 is 0 Å². The van der Waals surface area contributed by atoms with E-state index in [9.17, 15) is 26.4 Å². The van der Waals surface area contributed by atoms with Crippen molar-refractivity contribution in [3.8, 4) is 36.2 Å². The van der Waals surface area contributed by atoms with E-state index in [0.717, 1.165) is 0 Å². The Bertz CT molecular complexity index is 1380. The van der Waals surface area contributed by atoms with Crippen molar-refractivity contribution in [3.05, 3.63) is 48.5 Å². The molecule has 2 aromatic carbocycles. The number of benzene rings is 2. The van der Waals surface area contributed by atoms with Crippen LogP contribution >= 0.6 is 23.1 Å². The first-order chi connectivity index (χ1) is 18.1. The van der Waals surface area contributed by atoms with Gasteiger partial charge in [0.05, 0.1) is 35.8 Å². The van der Waals surface area contributed by atoms with Crippen molar-refractivity contribution in [2.24, 2.45) is 11.7 Å². The molecule has 2 aromatic rings. The second kappa shape index (κ2) is 19.1. The van der Waals surface area contributed by atoms with Gasteiger partial charge in [0.1, 0.15) is 23.1 Å². The molecule has 40 heavy (non-hydrogen) atoms. The van der Waals surface area contributed by atoms with E-state index in [1.165, 1.54) is 64.5 Å². The summed E-state index contributed by atoms with van der Waals surface area (Å²) in [5.41, 5.74) is 5.23. The summed E-state index contributed by atoms with van der Waals surface area (Å²) < 4.78 is 55.6. The fourth-order valence-electron chi connectivity index (χ4n) is 2.62. The first-order valence-electron chi connectivity index (χ1n) is 11.2. The number of sulfone groups is 1. The number of nitrogens with two attached hydrogens (primary N) is 1. The van der Waals surface area contributed by atoms with E-state index in [1.54, 1.807) is 12.1 Å². The Labute approximate surface area is 247 Å². The Hall–Kier alpha value is -3.06. The van der Waals surface area contributed by atoms with E-state index in [4.69, 9.17) is 38.7 Å². The fourth-order valence-corrected chi connectivity index (χ4v) is 5.01. The van der Waals surface area contributed by atoms with E-state index < -0.39 is 30.8 Å². The van der Waals surface area contributed by atoms with Crippen LogP contribution in [0.15, 0.2) is 58.3 Å². The quantitative estimate of drug-likeness (QED) is 0.306. The summed E-state index contributed by atoms with van der Waals surface area (Å²) in [6, 6.07) is 11.4. The zero-order valence-corrected chi connectivity index (χ0v) is 25.7. The second-order valence-corrected chi connectivity index (χ2v) is 12.5. The highest BCUT2D eigenvalue weighted by Gasteiger charge is 2.24. The largest absolute Gasteiger partial charge is 0.497 e. The van der Waals surface area contributed by atoms with Crippen LogP contribution in [0.3, 0.4) is 0 Å². The van der Waals surface area contributed by atoms with Crippen molar-refractivity contribution in [3.63, 3.8) is 0 Å². The van der Waals surface area contributed by atoms with Gasteiger partial charge in [-0.15, -0.1) is 37.1 Å².